The Morgan fingerprint density at radius 1 is 1.41 bits per heavy atom. The first-order chi connectivity index (χ1) is 16.2. The van der Waals surface area contributed by atoms with E-state index < -0.39 is 41.6 Å². The van der Waals surface area contributed by atoms with Crippen LogP contribution in [0.5, 0.6) is 0 Å². The van der Waals surface area contributed by atoms with Crippen LogP contribution in [0.3, 0.4) is 0 Å². The van der Waals surface area contributed by atoms with Crippen LogP contribution >= 0.6 is 15.9 Å². The van der Waals surface area contributed by atoms with E-state index in [0.29, 0.717) is 19.5 Å². The number of alkyl halides is 1. The number of amides is 2. The highest BCUT2D eigenvalue weighted by Crippen LogP contribution is 2.61. The Morgan fingerprint density at radius 3 is 2.68 bits per heavy atom. The van der Waals surface area contributed by atoms with Crippen molar-refractivity contribution in [3.63, 3.8) is 0 Å². The van der Waals surface area contributed by atoms with E-state index in [1.165, 1.54) is 0 Å². The number of nitrogens with zero attached hydrogens (tertiary/aromatic N) is 2. The second-order valence-electron chi connectivity index (χ2n) is 9.72. The third-order valence-electron chi connectivity index (χ3n) is 7.81. The summed E-state index contributed by atoms with van der Waals surface area (Å²) in [5, 5.41) is 10.4. The van der Waals surface area contributed by atoms with Crippen molar-refractivity contribution in [2.75, 3.05) is 26.3 Å². The van der Waals surface area contributed by atoms with Gasteiger partial charge in [-0.3, -0.25) is 14.4 Å². The number of hydrogen-bond acceptors (Lipinski definition) is 6. The molecule has 2 amide bonds. The van der Waals surface area contributed by atoms with Crippen LogP contribution in [0.4, 0.5) is 0 Å². The molecule has 0 aromatic rings. The van der Waals surface area contributed by atoms with E-state index in [0.717, 1.165) is 19.3 Å². The molecular weight excluding hydrogens is 504 g/mol. The first-order valence-corrected chi connectivity index (χ1v) is 13.5. The number of halogens is 1. The molecular formula is C25H39BrN2O6. The molecule has 0 radical (unpaired) electrons. The predicted octanol–water partition coefficient (Wildman–Crippen LogP) is 2.52. The molecule has 0 saturated carbocycles. The van der Waals surface area contributed by atoms with E-state index in [1.54, 1.807) is 22.8 Å². The number of carbonyl (C=O) groups is 3. The van der Waals surface area contributed by atoms with E-state index in [-0.39, 0.29) is 35.8 Å². The lowest BCUT2D eigenvalue weighted by Crippen LogP contribution is -2.60. The van der Waals surface area contributed by atoms with Crippen LogP contribution in [-0.4, -0.2) is 87.6 Å². The Morgan fingerprint density at radius 2 is 2.12 bits per heavy atom. The minimum Gasteiger partial charge on any atom is -0.466 e. The number of unbranched alkanes of at least 4 members (excludes halogenated alkanes) is 1. The van der Waals surface area contributed by atoms with E-state index >= 15 is 0 Å². The molecule has 8 nitrogen and oxygen atoms in total. The third kappa shape index (κ3) is 4.32. The summed E-state index contributed by atoms with van der Waals surface area (Å²) in [5.41, 5.74) is -1.14. The van der Waals surface area contributed by atoms with Crippen LogP contribution < -0.4 is 0 Å². The SMILES string of the molecule is C=CCN(CCCC)C(=O)[C@@H]1N([C@@H](CO)[C@@H](C)CC)C(=O)[C@H]2[C@H](C(=O)OCC)[C@H]3O[C@@]12CC3Br. The number of aliphatic hydroxyl groups is 1. The lowest BCUT2D eigenvalue weighted by molar-refractivity contribution is -0.156. The van der Waals surface area contributed by atoms with Gasteiger partial charge in [0, 0.05) is 17.9 Å². The fourth-order valence-corrected chi connectivity index (χ4v) is 6.94. The fourth-order valence-electron chi connectivity index (χ4n) is 6.00. The summed E-state index contributed by atoms with van der Waals surface area (Å²) >= 11 is 3.66. The molecule has 1 spiro atoms. The Hall–Kier alpha value is -1.45. The molecule has 34 heavy (non-hydrogen) atoms. The maximum absolute atomic E-state index is 14.2. The molecule has 0 aromatic heterocycles. The minimum absolute atomic E-state index is 0.0408. The zero-order valence-corrected chi connectivity index (χ0v) is 22.3. The van der Waals surface area contributed by atoms with Gasteiger partial charge in [0.25, 0.3) is 0 Å². The topological polar surface area (TPSA) is 96.4 Å². The molecule has 3 aliphatic heterocycles. The average molecular weight is 543 g/mol. The van der Waals surface area contributed by atoms with Gasteiger partial charge in [-0.05, 0) is 25.7 Å². The molecule has 192 valence electrons. The minimum atomic E-state index is -1.14. The van der Waals surface area contributed by atoms with E-state index in [1.807, 2.05) is 13.8 Å². The van der Waals surface area contributed by atoms with E-state index in [4.69, 9.17) is 9.47 Å². The van der Waals surface area contributed by atoms with Gasteiger partial charge in [-0.1, -0.05) is 55.6 Å². The Kier molecular flexibility index (Phi) is 8.85. The van der Waals surface area contributed by atoms with Crippen LogP contribution in [0.2, 0.25) is 0 Å². The number of rotatable bonds is 12. The molecule has 2 bridgehead atoms. The quantitative estimate of drug-likeness (QED) is 0.231. The van der Waals surface area contributed by atoms with Crippen molar-refractivity contribution in [1.82, 2.24) is 9.80 Å². The monoisotopic (exact) mass is 542 g/mol. The molecule has 0 aliphatic carbocycles. The maximum atomic E-state index is 14.2. The van der Waals surface area contributed by atoms with Crippen LogP contribution in [0.15, 0.2) is 12.7 Å². The smallest absolute Gasteiger partial charge is 0.312 e. The molecule has 3 saturated heterocycles. The summed E-state index contributed by atoms with van der Waals surface area (Å²) in [6.45, 7) is 12.4. The summed E-state index contributed by atoms with van der Waals surface area (Å²) in [6, 6.07) is -1.47. The van der Waals surface area contributed by atoms with Gasteiger partial charge in [-0.15, -0.1) is 6.58 Å². The van der Waals surface area contributed by atoms with Crippen molar-refractivity contribution in [1.29, 1.82) is 0 Å². The average Bonchev–Trinajstić information content (AvgIpc) is 3.40. The van der Waals surface area contributed by atoms with Crippen molar-refractivity contribution >= 4 is 33.7 Å². The molecule has 3 aliphatic rings. The highest BCUT2D eigenvalue weighted by atomic mass is 79.9. The lowest BCUT2D eigenvalue weighted by atomic mass is 9.70. The van der Waals surface area contributed by atoms with Gasteiger partial charge in [-0.25, -0.2) is 0 Å². The first-order valence-electron chi connectivity index (χ1n) is 12.5. The maximum Gasteiger partial charge on any atom is 0.312 e. The first kappa shape index (κ1) is 27.1. The largest absolute Gasteiger partial charge is 0.466 e. The van der Waals surface area contributed by atoms with Gasteiger partial charge in [0.15, 0.2) is 0 Å². The lowest BCUT2D eigenvalue weighted by Gasteiger charge is -2.41. The molecule has 3 rings (SSSR count). The molecule has 1 unspecified atom stereocenters. The molecule has 1 N–H and O–H groups in total. The Labute approximate surface area is 211 Å². The summed E-state index contributed by atoms with van der Waals surface area (Å²) < 4.78 is 11.8. The summed E-state index contributed by atoms with van der Waals surface area (Å²) in [5.74, 6) is -2.62. The van der Waals surface area contributed by atoms with Crippen LogP contribution in [0.1, 0.15) is 53.4 Å². The molecule has 3 heterocycles. The fraction of sp³-hybridized carbons (Fsp3) is 0.800. The highest BCUT2D eigenvalue weighted by molar-refractivity contribution is 9.09. The van der Waals surface area contributed by atoms with Gasteiger partial charge in [0.05, 0.1) is 37.2 Å². The zero-order valence-electron chi connectivity index (χ0n) is 20.7. The molecule has 8 atom stereocenters. The standard InChI is InChI=1S/C25H39BrN2O6/c1-6-10-12-27(11-7-2)23(31)21-25-13-16(26)20(34-25)18(24(32)33-9-4)19(25)22(30)28(21)17(14-29)15(5)8-3/h7,15-21,29H,2,6,8-14H2,1,3-5H3/t15-,16?,17-,18-,19+,20-,21-,25+/m0/s1. The predicted molar refractivity (Wildman–Crippen MR) is 131 cm³/mol. The third-order valence-corrected chi connectivity index (χ3v) is 8.65. The van der Waals surface area contributed by atoms with Gasteiger partial charge in [0.1, 0.15) is 11.6 Å². The Bertz CT molecular complexity index is 793. The van der Waals surface area contributed by atoms with Crippen molar-refractivity contribution in [2.24, 2.45) is 17.8 Å². The van der Waals surface area contributed by atoms with Gasteiger partial charge >= 0.3 is 5.97 Å². The van der Waals surface area contributed by atoms with E-state index in [9.17, 15) is 19.5 Å². The van der Waals surface area contributed by atoms with Crippen molar-refractivity contribution in [3.8, 4) is 0 Å². The summed E-state index contributed by atoms with van der Waals surface area (Å²) in [7, 11) is 0. The van der Waals surface area contributed by atoms with Crippen molar-refractivity contribution in [3.05, 3.63) is 12.7 Å². The van der Waals surface area contributed by atoms with Crippen molar-refractivity contribution in [2.45, 2.75) is 82.0 Å². The van der Waals surface area contributed by atoms with E-state index in [2.05, 4.69) is 29.4 Å². The van der Waals surface area contributed by atoms with Crippen LogP contribution in [0.25, 0.3) is 0 Å². The number of ether oxygens (including phenoxy) is 2. The number of carbonyl (C=O) groups excluding carboxylic acids is 3. The molecule has 9 heteroatoms. The van der Waals surface area contributed by atoms with Gasteiger partial charge < -0.3 is 24.4 Å². The van der Waals surface area contributed by atoms with Gasteiger partial charge in [-0.2, -0.15) is 0 Å². The highest BCUT2D eigenvalue weighted by Gasteiger charge is 2.77. The molecule has 3 fully saturated rings. The summed E-state index contributed by atoms with van der Waals surface area (Å²) in [4.78, 5) is 44.3. The second-order valence-corrected chi connectivity index (χ2v) is 10.9. The second kappa shape index (κ2) is 11.1. The van der Waals surface area contributed by atoms with Crippen LogP contribution in [-0.2, 0) is 23.9 Å². The number of aliphatic hydroxyl groups excluding tert-OH is 1. The number of hydrogen-bond donors (Lipinski definition) is 1. The zero-order chi connectivity index (χ0) is 25.2. The van der Waals surface area contributed by atoms with Gasteiger partial charge in [0.2, 0.25) is 11.8 Å². The molecule has 0 aromatic carbocycles. The number of likely N-dealkylation sites (tertiary alicyclic amines) is 1. The Balaban J connectivity index is 2.12. The number of esters is 1. The van der Waals surface area contributed by atoms with Crippen molar-refractivity contribution < 1.29 is 29.0 Å². The normalized spacial score (nSPS) is 33.5. The van der Waals surface area contributed by atoms with Crippen LogP contribution in [0, 0.1) is 17.8 Å². The number of fused-ring (bicyclic) bond motifs is 1. The summed E-state index contributed by atoms with van der Waals surface area (Å²) in [6.07, 6.45) is 4.05.